The molecule has 2 N–H and O–H groups in total. The summed E-state index contributed by atoms with van der Waals surface area (Å²) in [6.07, 6.45) is 0. The van der Waals surface area contributed by atoms with Gasteiger partial charge in [-0.25, -0.2) is 0 Å². The molecular formula is C11H15BrClN3. The Morgan fingerprint density at radius 1 is 1.25 bits per heavy atom. The highest BCUT2D eigenvalue weighted by Gasteiger charge is 2.19. The summed E-state index contributed by atoms with van der Waals surface area (Å²) in [5, 5.41) is 0.719. The molecular weight excluding hydrogens is 289 g/mol. The molecule has 0 unspecified atom stereocenters. The molecule has 0 radical (unpaired) electrons. The van der Waals surface area contributed by atoms with Crippen LogP contribution >= 0.6 is 27.5 Å². The maximum atomic E-state index is 6.24. The van der Waals surface area contributed by atoms with Gasteiger partial charge in [0.05, 0.1) is 16.4 Å². The molecule has 0 aromatic heterocycles. The van der Waals surface area contributed by atoms with Crippen molar-refractivity contribution in [2.24, 2.45) is 0 Å². The van der Waals surface area contributed by atoms with Crippen LogP contribution in [0.3, 0.4) is 0 Å². The van der Waals surface area contributed by atoms with Gasteiger partial charge in [0.25, 0.3) is 0 Å². The first-order valence-electron chi connectivity index (χ1n) is 5.26. The van der Waals surface area contributed by atoms with E-state index in [1.54, 1.807) is 0 Å². The highest BCUT2D eigenvalue weighted by Crippen LogP contribution is 2.35. The number of nitrogens with zero attached hydrogens (tertiary/aromatic N) is 2. The van der Waals surface area contributed by atoms with Crippen molar-refractivity contribution in [3.05, 3.63) is 21.6 Å². The van der Waals surface area contributed by atoms with E-state index in [1.165, 1.54) is 0 Å². The number of anilines is 2. The summed E-state index contributed by atoms with van der Waals surface area (Å²) in [5.41, 5.74) is 7.73. The number of piperazine rings is 1. The van der Waals surface area contributed by atoms with Crippen molar-refractivity contribution < 1.29 is 0 Å². The number of hydrogen-bond donors (Lipinski definition) is 1. The van der Waals surface area contributed by atoms with E-state index in [1.807, 2.05) is 12.1 Å². The van der Waals surface area contributed by atoms with Crippen molar-refractivity contribution in [1.82, 2.24) is 4.90 Å². The molecule has 2 rings (SSSR count). The van der Waals surface area contributed by atoms with E-state index in [9.17, 15) is 0 Å². The highest BCUT2D eigenvalue weighted by molar-refractivity contribution is 9.10. The molecule has 0 atom stereocenters. The summed E-state index contributed by atoms with van der Waals surface area (Å²) in [6, 6.07) is 3.80. The molecule has 0 aliphatic carbocycles. The van der Waals surface area contributed by atoms with Crippen LogP contribution in [-0.2, 0) is 0 Å². The van der Waals surface area contributed by atoms with Crippen molar-refractivity contribution in [3.8, 4) is 0 Å². The smallest absolute Gasteiger partial charge is 0.0790 e. The number of nitrogen functional groups attached to an aromatic ring is 1. The molecule has 1 aromatic rings. The lowest BCUT2D eigenvalue weighted by molar-refractivity contribution is 0.313. The van der Waals surface area contributed by atoms with Crippen LogP contribution in [0.25, 0.3) is 0 Å². The zero-order chi connectivity index (χ0) is 11.7. The maximum Gasteiger partial charge on any atom is 0.0790 e. The van der Waals surface area contributed by atoms with Gasteiger partial charge in [-0.3, -0.25) is 0 Å². The van der Waals surface area contributed by atoms with E-state index in [4.69, 9.17) is 17.3 Å². The van der Waals surface area contributed by atoms with Crippen LogP contribution in [0, 0.1) is 0 Å². The second kappa shape index (κ2) is 4.82. The van der Waals surface area contributed by atoms with Crippen molar-refractivity contribution in [2.75, 3.05) is 43.9 Å². The van der Waals surface area contributed by atoms with Crippen LogP contribution in [0.15, 0.2) is 16.6 Å². The molecule has 1 aliphatic rings. The molecule has 1 fully saturated rings. The summed E-state index contributed by atoms with van der Waals surface area (Å²) in [6.45, 7) is 4.04. The Labute approximate surface area is 109 Å². The Bertz CT molecular complexity index is 366. The predicted molar refractivity (Wildman–Crippen MR) is 73.3 cm³/mol. The Kier molecular flexibility index (Phi) is 3.62. The van der Waals surface area contributed by atoms with E-state index < -0.39 is 0 Å². The number of likely N-dealkylation sites (N-methyl/N-ethyl adjacent to an activating group) is 1. The molecule has 3 nitrogen and oxygen atoms in total. The Balaban J connectivity index is 2.26. The van der Waals surface area contributed by atoms with Crippen molar-refractivity contribution in [3.63, 3.8) is 0 Å². The molecule has 1 saturated heterocycles. The first-order valence-corrected chi connectivity index (χ1v) is 6.43. The fraction of sp³-hybridized carbons (Fsp3) is 0.455. The molecule has 0 spiro atoms. The van der Waals surface area contributed by atoms with Crippen LogP contribution in [0.4, 0.5) is 11.4 Å². The van der Waals surface area contributed by atoms with Gasteiger partial charge in [0.2, 0.25) is 0 Å². The van der Waals surface area contributed by atoms with E-state index in [0.29, 0.717) is 0 Å². The third-order valence-electron chi connectivity index (χ3n) is 2.88. The van der Waals surface area contributed by atoms with Gasteiger partial charge < -0.3 is 15.5 Å². The average molecular weight is 305 g/mol. The van der Waals surface area contributed by atoms with E-state index >= 15 is 0 Å². The van der Waals surface area contributed by atoms with Gasteiger partial charge >= 0.3 is 0 Å². The maximum absolute atomic E-state index is 6.24. The zero-order valence-electron chi connectivity index (χ0n) is 9.21. The van der Waals surface area contributed by atoms with Crippen LogP contribution in [0.2, 0.25) is 5.02 Å². The Hall–Kier alpha value is -0.450. The summed E-state index contributed by atoms with van der Waals surface area (Å²) >= 11 is 9.63. The fourth-order valence-corrected chi connectivity index (χ4v) is 2.90. The van der Waals surface area contributed by atoms with Crippen LogP contribution < -0.4 is 10.6 Å². The normalized spacial score (nSPS) is 17.8. The lowest BCUT2D eigenvalue weighted by atomic mass is 10.2. The standard InChI is InChI=1S/C11H15BrClN3/c1-15-2-4-16(5-3-15)11-9(13)6-8(12)7-10(11)14/h6-7H,2-5,14H2,1H3. The molecule has 1 aromatic carbocycles. The lowest BCUT2D eigenvalue weighted by Crippen LogP contribution is -2.44. The monoisotopic (exact) mass is 303 g/mol. The Morgan fingerprint density at radius 3 is 2.44 bits per heavy atom. The van der Waals surface area contributed by atoms with Gasteiger partial charge in [0.15, 0.2) is 0 Å². The first kappa shape index (κ1) is 12.0. The highest BCUT2D eigenvalue weighted by atomic mass is 79.9. The molecule has 16 heavy (non-hydrogen) atoms. The topological polar surface area (TPSA) is 32.5 Å². The minimum Gasteiger partial charge on any atom is -0.397 e. The second-order valence-corrected chi connectivity index (χ2v) is 5.44. The molecule has 5 heteroatoms. The van der Waals surface area contributed by atoms with Crippen LogP contribution in [-0.4, -0.2) is 38.1 Å². The predicted octanol–water partition coefficient (Wildman–Crippen LogP) is 2.44. The number of hydrogen-bond acceptors (Lipinski definition) is 3. The quantitative estimate of drug-likeness (QED) is 0.809. The number of rotatable bonds is 1. The summed E-state index contributed by atoms with van der Waals surface area (Å²) in [4.78, 5) is 4.56. The van der Waals surface area contributed by atoms with Crippen molar-refractivity contribution in [2.45, 2.75) is 0 Å². The van der Waals surface area contributed by atoms with Crippen molar-refractivity contribution in [1.29, 1.82) is 0 Å². The van der Waals surface area contributed by atoms with Gasteiger partial charge in [-0.2, -0.15) is 0 Å². The summed E-state index contributed by atoms with van der Waals surface area (Å²) < 4.78 is 0.924. The van der Waals surface area contributed by atoms with Gasteiger partial charge in [-0.15, -0.1) is 0 Å². The van der Waals surface area contributed by atoms with E-state index in [2.05, 4.69) is 32.8 Å². The summed E-state index contributed by atoms with van der Waals surface area (Å²) in [5.74, 6) is 0. The van der Waals surface area contributed by atoms with Gasteiger partial charge in [0.1, 0.15) is 0 Å². The third-order valence-corrected chi connectivity index (χ3v) is 3.62. The van der Waals surface area contributed by atoms with Gasteiger partial charge in [-0.1, -0.05) is 27.5 Å². The second-order valence-electron chi connectivity index (χ2n) is 4.12. The minimum atomic E-state index is 0.719. The minimum absolute atomic E-state index is 0.719. The molecule has 88 valence electrons. The largest absolute Gasteiger partial charge is 0.397 e. The molecule has 1 heterocycles. The van der Waals surface area contributed by atoms with Gasteiger partial charge in [-0.05, 0) is 19.2 Å². The molecule has 0 amide bonds. The molecule has 0 bridgehead atoms. The van der Waals surface area contributed by atoms with E-state index in [0.717, 1.165) is 47.0 Å². The van der Waals surface area contributed by atoms with Crippen LogP contribution in [0.1, 0.15) is 0 Å². The fourth-order valence-electron chi connectivity index (χ4n) is 1.95. The average Bonchev–Trinajstić information content (AvgIpc) is 2.19. The number of nitrogens with two attached hydrogens (primary N) is 1. The lowest BCUT2D eigenvalue weighted by Gasteiger charge is -2.35. The van der Waals surface area contributed by atoms with Crippen molar-refractivity contribution >= 4 is 38.9 Å². The van der Waals surface area contributed by atoms with E-state index in [-0.39, 0.29) is 0 Å². The first-order chi connectivity index (χ1) is 7.58. The third kappa shape index (κ3) is 2.44. The van der Waals surface area contributed by atoms with Crippen LogP contribution in [0.5, 0.6) is 0 Å². The summed E-state index contributed by atoms with van der Waals surface area (Å²) in [7, 11) is 2.13. The zero-order valence-corrected chi connectivity index (χ0v) is 11.6. The van der Waals surface area contributed by atoms with Gasteiger partial charge in [0, 0.05) is 30.7 Å². The molecule has 1 aliphatic heterocycles. The Morgan fingerprint density at radius 2 is 1.88 bits per heavy atom. The number of benzene rings is 1. The molecule has 0 saturated carbocycles. The number of halogens is 2. The SMILES string of the molecule is CN1CCN(c2c(N)cc(Br)cc2Cl)CC1.